The number of nitrogens with one attached hydrogen (secondary N) is 1. The van der Waals surface area contributed by atoms with Gasteiger partial charge in [-0.15, -0.1) is 0 Å². The summed E-state index contributed by atoms with van der Waals surface area (Å²) in [6.07, 6.45) is 8.54. The monoisotopic (exact) mass is 282 g/mol. The first-order chi connectivity index (χ1) is 9.18. The van der Waals surface area contributed by atoms with Crippen LogP contribution in [0.5, 0.6) is 0 Å². The Kier molecular flexibility index (Phi) is 5.34. The minimum atomic E-state index is -2.92. The first-order valence-corrected chi connectivity index (χ1v) is 8.71. The highest BCUT2D eigenvalue weighted by atomic mass is 32.2. The van der Waals surface area contributed by atoms with E-state index in [4.69, 9.17) is 0 Å². The molecule has 1 N–H and O–H groups in total. The minimum Gasteiger partial charge on any atom is -0.312 e. The summed E-state index contributed by atoms with van der Waals surface area (Å²) in [7, 11) is -2.92. The Morgan fingerprint density at radius 2 is 2.05 bits per heavy atom. The summed E-state index contributed by atoms with van der Waals surface area (Å²) in [6, 6.07) is 3.87. The van der Waals surface area contributed by atoms with Crippen LogP contribution in [0.2, 0.25) is 0 Å². The molecule has 1 aliphatic rings. The number of hydrogen-bond acceptors (Lipinski definition) is 4. The molecule has 1 aliphatic carbocycles. The fourth-order valence-corrected chi connectivity index (χ4v) is 4.35. The molecule has 1 heterocycles. The van der Waals surface area contributed by atoms with Gasteiger partial charge in [-0.1, -0.05) is 25.3 Å². The predicted octanol–water partition coefficient (Wildman–Crippen LogP) is 1.92. The van der Waals surface area contributed by atoms with Gasteiger partial charge < -0.3 is 5.32 Å². The Balaban J connectivity index is 1.72. The fraction of sp³-hybridized carbons (Fsp3) is 0.643. The topological polar surface area (TPSA) is 59.1 Å². The fourth-order valence-electron chi connectivity index (χ4n) is 2.54. The SMILES string of the molecule is O=S(=O)(CCNCc1cccnc1)C1CCCCC1. The van der Waals surface area contributed by atoms with Crippen molar-refractivity contribution in [3.8, 4) is 0 Å². The molecule has 1 fully saturated rings. The van der Waals surface area contributed by atoms with Crippen LogP contribution in [-0.4, -0.2) is 30.9 Å². The van der Waals surface area contributed by atoms with Crippen molar-refractivity contribution >= 4 is 9.84 Å². The zero-order chi connectivity index (χ0) is 13.6. The van der Waals surface area contributed by atoms with Crippen LogP contribution in [0.25, 0.3) is 0 Å². The van der Waals surface area contributed by atoms with Crippen LogP contribution in [0.1, 0.15) is 37.7 Å². The Labute approximate surface area is 115 Å². The summed E-state index contributed by atoms with van der Waals surface area (Å²) in [5.41, 5.74) is 1.08. The van der Waals surface area contributed by atoms with E-state index in [0.29, 0.717) is 13.1 Å². The summed E-state index contributed by atoms with van der Waals surface area (Å²) >= 11 is 0. The number of nitrogens with zero attached hydrogens (tertiary/aromatic N) is 1. The molecule has 2 rings (SSSR count). The lowest BCUT2D eigenvalue weighted by Gasteiger charge is -2.21. The minimum absolute atomic E-state index is 0.0959. The molecule has 5 heteroatoms. The number of pyridine rings is 1. The van der Waals surface area contributed by atoms with Crippen LogP contribution >= 0.6 is 0 Å². The molecule has 0 unspecified atom stereocenters. The van der Waals surface area contributed by atoms with Gasteiger partial charge in [-0.25, -0.2) is 8.42 Å². The van der Waals surface area contributed by atoms with E-state index in [0.717, 1.165) is 31.2 Å². The lowest BCUT2D eigenvalue weighted by molar-refractivity contribution is 0.482. The number of rotatable bonds is 6. The van der Waals surface area contributed by atoms with Crippen LogP contribution in [0.3, 0.4) is 0 Å². The van der Waals surface area contributed by atoms with E-state index in [9.17, 15) is 8.42 Å². The predicted molar refractivity (Wildman–Crippen MR) is 76.6 cm³/mol. The second kappa shape index (κ2) is 7.01. The second-order valence-corrected chi connectivity index (χ2v) is 7.57. The molecule has 0 spiro atoms. The molecule has 19 heavy (non-hydrogen) atoms. The summed E-state index contributed by atoms with van der Waals surface area (Å²) in [6.45, 7) is 1.20. The smallest absolute Gasteiger partial charge is 0.154 e. The Morgan fingerprint density at radius 3 is 2.74 bits per heavy atom. The summed E-state index contributed by atoms with van der Waals surface area (Å²) in [4.78, 5) is 4.03. The highest BCUT2D eigenvalue weighted by Crippen LogP contribution is 2.23. The van der Waals surface area contributed by atoms with Gasteiger partial charge in [-0.05, 0) is 24.5 Å². The van der Waals surface area contributed by atoms with Crippen LogP contribution in [-0.2, 0) is 16.4 Å². The van der Waals surface area contributed by atoms with Crippen molar-refractivity contribution < 1.29 is 8.42 Å². The van der Waals surface area contributed by atoms with Gasteiger partial charge in [0.25, 0.3) is 0 Å². The van der Waals surface area contributed by atoms with Gasteiger partial charge in [-0.2, -0.15) is 0 Å². The highest BCUT2D eigenvalue weighted by molar-refractivity contribution is 7.92. The van der Waals surface area contributed by atoms with Crippen molar-refractivity contribution in [2.45, 2.75) is 43.9 Å². The third kappa shape index (κ3) is 4.58. The van der Waals surface area contributed by atoms with Crippen molar-refractivity contribution in [1.29, 1.82) is 0 Å². The van der Waals surface area contributed by atoms with Crippen LogP contribution < -0.4 is 5.32 Å². The molecule has 106 valence electrons. The van der Waals surface area contributed by atoms with E-state index >= 15 is 0 Å². The maximum absolute atomic E-state index is 12.1. The molecular formula is C14H22N2O2S. The molecule has 0 amide bonds. The Morgan fingerprint density at radius 1 is 1.26 bits per heavy atom. The average Bonchev–Trinajstić information content (AvgIpc) is 2.46. The molecule has 1 aromatic heterocycles. The number of sulfone groups is 1. The van der Waals surface area contributed by atoms with Gasteiger partial charge in [0.1, 0.15) is 0 Å². The number of aromatic nitrogens is 1. The molecule has 1 saturated carbocycles. The number of hydrogen-bond donors (Lipinski definition) is 1. The summed E-state index contributed by atoms with van der Waals surface area (Å²) in [5, 5.41) is 3.08. The van der Waals surface area contributed by atoms with Crippen LogP contribution in [0.4, 0.5) is 0 Å². The van der Waals surface area contributed by atoms with E-state index < -0.39 is 9.84 Å². The second-order valence-electron chi connectivity index (χ2n) is 5.17. The molecule has 1 aromatic rings. The van der Waals surface area contributed by atoms with Gasteiger partial charge in [-0.3, -0.25) is 4.98 Å². The van der Waals surface area contributed by atoms with Gasteiger partial charge in [0.15, 0.2) is 9.84 Å². The zero-order valence-electron chi connectivity index (χ0n) is 11.2. The Hall–Kier alpha value is -0.940. The molecule has 0 aliphatic heterocycles. The maximum Gasteiger partial charge on any atom is 0.154 e. The zero-order valence-corrected chi connectivity index (χ0v) is 12.0. The van der Waals surface area contributed by atoms with E-state index in [1.807, 2.05) is 12.1 Å². The third-order valence-corrected chi connectivity index (χ3v) is 5.94. The van der Waals surface area contributed by atoms with Crippen molar-refractivity contribution in [3.63, 3.8) is 0 Å². The largest absolute Gasteiger partial charge is 0.312 e. The molecular weight excluding hydrogens is 260 g/mol. The van der Waals surface area contributed by atoms with Crippen molar-refractivity contribution in [2.75, 3.05) is 12.3 Å². The van der Waals surface area contributed by atoms with Gasteiger partial charge in [0.05, 0.1) is 11.0 Å². The average molecular weight is 282 g/mol. The van der Waals surface area contributed by atoms with E-state index in [2.05, 4.69) is 10.3 Å². The van der Waals surface area contributed by atoms with Crippen molar-refractivity contribution in [3.05, 3.63) is 30.1 Å². The lowest BCUT2D eigenvalue weighted by atomic mass is 10.0. The van der Waals surface area contributed by atoms with Gasteiger partial charge >= 0.3 is 0 Å². The van der Waals surface area contributed by atoms with Crippen LogP contribution in [0, 0.1) is 0 Å². The molecule has 0 saturated heterocycles. The van der Waals surface area contributed by atoms with Crippen LogP contribution in [0.15, 0.2) is 24.5 Å². The standard InChI is InChI=1S/C14H22N2O2S/c17-19(18,14-6-2-1-3-7-14)10-9-16-12-13-5-4-8-15-11-13/h4-5,8,11,14,16H,1-3,6-7,9-10,12H2. The summed E-state index contributed by atoms with van der Waals surface area (Å²) in [5.74, 6) is 0.248. The molecule has 4 nitrogen and oxygen atoms in total. The van der Waals surface area contributed by atoms with E-state index in [1.54, 1.807) is 12.4 Å². The maximum atomic E-state index is 12.1. The summed E-state index contributed by atoms with van der Waals surface area (Å²) < 4.78 is 24.3. The molecule has 0 bridgehead atoms. The normalized spacial score (nSPS) is 17.5. The van der Waals surface area contributed by atoms with E-state index in [-0.39, 0.29) is 11.0 Å². The highest BCUT2D eigenvalue weighted by Gasteiger charge is 2.26. The Bertz CT molecular complexity index is 467. The van der Waals surface area contributed by atoms with Gasteiger partial charge in [0.2, 0.25) is 0 Å². The molecule has 0 aromatic carbocycles. The first-order valence-electron chi connectivity index (χ1n) is 7.00. The van der Waals surface area contributed by atoms with Crippen molar-refractivity contribution in [2.24, 2.45) is 0 Å². The molecule has 0 radical (unpaired) electrons. The van der Waals surface area contributed by atoms with Crippen molar-refractivity contribution in [1.82, 2.24) is 10.3 Å². The molecule has 0 atom stereocenters. The quantitative estimate of drug-likeness (QED) is 0.810. The lowest BCUT2D eigenvalue weighted by Crippen LogP contribution is -2.31. The third-order valence-electron chi connectivity index (χ3n) is 3.68. The first kappa shape index (κ1) is 14.5. The van der Waals surface area contributed by atoms with E-state index in [1.165, 1.54) is 6.42 Å². The van der Waals surface area contributed by atoms with Gasteiger partial charge in [0, 0.05) is 25.5 Å².